The van der Waals surface area contributed by atoms with Crippen LogP contribution in [-0.4, -0.2) is 14.7 Å². The summed E-state index contributed by atoms with van der Waals surface area (Å²) in [6.45, 7) is 5.83. The van der Waals surface area contributed by atoms with Crippen LogP contribution in [0.25, 0.3) is 0 Å². The van der Waals surface area contributed by atoms with E-state index in [9.17, 15) is 13.2 Å². The number of ether oxygens (including phenoxy) is 1. The smallest absolute Gasteiger partial charge is 0.544 e. The van der Waals surface area contributed by atoms with E-state index in [1.54, 1.807) is 6.07 Å². The van der Waals surface area contributed by atoms with Crippen LogP contribution in [0.15, 0.2) is 22.7 Å². The van der Waals surface area contributed by atoms with E-state index in [-0.39, 0.29) is 10.2 Å². The van der Waals surface area contributed by atoms with Crippen LogP contribution in [0.4, 0.5) is 13.2 Å². The van der Waals surface area contributed by atoms with E-state index in [0.717, 1.165) is 0 Å². The van der Waals surface area contributed by atoms with Gasteiger partial charge in [-0.15, -0.1) is 13.2 Å². The van der Waals surface area contributed by atoms with Crippen molar-refractivity contribution in [2.75, 3.05) is 0 Å². The minimum absolute atomic E-state index is 0.234. The molecule has 0 fully saturated rings. The van der Waals surface area contributed by atoms with Crippen molar-refractivity contribution in [3.05, 3.63) is 22.7 Å². The van der Waals surface area contributed by atoms with Crippen LogP contribution in [0.2, 0.25) is 19.6 Å². The summed E-state index contributed by atoms with van der Waals surface area (Å²) in [6, 6.07) is 4.30. The second-order valence-corrected chi connectivity index (χ2v) is 9.64. The topological polar surface area (TPSA) is 18.5 Å². The predicted octanol–water partition coefficient (Wildman–Crippen LogP) is 4.56. The molecule has 1 rings (SSSR count). The molecule has 0 aliphatic heterocycles. The first-order valence-corrected chi connectivity index (χ1v) is 9.01. The summed E-state index contributed by atoms with van der Waals surface area (Å²) in [5.74, 6) is 0.0832. The fourth-order valence-electron chi connectivity index (χ4n) is 1.10. The molecule has 0 aliphatic carbocycles. The summed E-state index contributed by atoms with van der Waals surface area (Å²) < 4.78 is 46.0. The summed E-state index contributed by atoms with van der Waals surface area (Å²) in [7, 11) is -1.85. The van der Waals surface area contributed by atoms with Gasteiger partial charge in [-0.1, -0.05) is 0 Å². The summed E-state index contributed by atoms with van der Waals surface area (Å²) in [6.07, 6.45) is -4.71. The summed E-state index contributed by atoms with van der Waals surface area (Å²) in [5.41, 5.74) is 0. The molecular weight excluding hydrogens is 317 g/mol. The van der Waals surface area contributed by atoms with Gasteiger partial charge < -0.3 is 9.16 Å². The van der Waals surface area contributed by atoms with Gasteiger partial charge in [0.15, 0.2) is 0 Å². The summed E-state index contributed by atoms with van der Waals surface area (Å²) in [5, 5.41) is 0. The predicted molar refractivity (Wildman–Crippen MR) is 64.8 cm³/mol. The summed E-state index contributed by atoms with van der Waals surface area (Å²) in [4.78, 5) is 0. The highest BCUT2D eigenvalue weighted by molar-refractivity contribution is 9.10. The Morgan fingerprint density at radius 2 is 1.76 bits per heavy atom. The van der Waals surface area contributed by atoms with Crippen molar-refractivity contribution >= 4 is 24.2 Å². The molecule has 96 valence electrons. The van der Waals surface area contributed by atoms with E-state index < -0.39 is 14.7 Å². The lowest BCUT2D eigenvalue weighted by Gasteiger charge is -2.20. The molecule has 0 amide bonds. The van der Waals surface area contributed by atoms with Gasteiger partial charge in [-0.3, -0.25) is 0 Å². The SMILES string of the molecule is C[Si](C)(C)Oc1ccc(Br)c(OC(F)(F)F)c1. The highest BCUT2D eigenvalue weighted by Crippen LogP contribution is 2.34. The fourth-order valence-corrected chi connectivity index (χ4v) is 2.27. The Labute approximate surface area is 107 Å². The average Bonchev–Trinajstić information content (AvgIpc) is 2.05. The van der Waals surface area contributed by atoms with Gasteiger partial charge >= 0.3 is 6.36 Å². The molecule has 0 saturated heterocycles. The zero-order valence-electron chi connectivity index (χ0n) is 9.56. The second kappa shape index (κ2) is 4.89. The minimum atomic E-state index is -4.71. The lowest BCUT2D eigenvalue weighted by Crippen LogP contribution is -2.29. The van der Waals surface area contributed by atoms with Crippen molar-refractivity contribution in [2.24, 2.45) is 0 Å². The van der Waals surface area contributed by atoms with Gasteiger partial charge in [-0.05, 0) is 47.7 Å². The molecule has 0 atom stereocenters. The van der Waals surface area contributed by atoms with E-state index >= 15 is 0 Å². The van der Waals surface area contributed by atoms with Crippen LogP contribution in [-0.2, 0) is 0 Å². The van der Waals surface area contributed by atoms with Crippen LogP contribution >= 0.6 is 15.9 Å². The molecule has 0 saturated carbocycles. The molecular formula is C10H12BrF3O2Si. The number of rotatable bonds is 3. The van der Waals surface area contributed by atoms with Crippen LogP contribution in [0.1, 0.15) is 0 Å². The van der Waals surface area contributed by atoms with Gasteiger partial charge in [0.05, 0.1) is 4.47 Å². The zero-order valence-corrected chi connectivity index (χ0v) is 12.1. The third-order valence-electron chi connectivity index (χ3n) is 1.55. The molecule has 0 N–H and O–H groups in total. The molecule has 0 spiro atoms. The number of halogens is 4. The van der Waals surface area contributed by atoms with Crippen molar-refractivity contribution in [1.82, 2.24) is 0 Å². The molecule has 7 heteroatoms. The van der Waals surface area contributed by atoms with Gasteiger partial charge in [-0.25, -0.2) is 0 Å². The second-order valence-electron chi connectivity index (χ2n) is 4.35. The van der Waals surface area contributed by atoms with Gasteiger partial charge in [-0.2, -0.15) is 0 Å². The minimum Gasteiger partial charge on any atom is -0.544 e. The number of benzene rings is 1. The quantitative estimate of drug-likeness (QED) is 0.757. The van der Waals surface area contributed by atoms with Crippen molar-refractivity contribution in [3.8, 4) is 11.5 Å². The van der Waals surface area contributed by atoms with Gasteiger partial charge in [0.2, 0.25) is 8.32 Å². The van der Waals surface area contributed by atoms with Gasteiger partial charge in [0.25, 0.3) is 0 Å². The number of hydrogen-bond acceptors (Lipinski definition) is 2. The summed E-state index contributed by atoms with van der Waals surface area (Å²) >= 11 is 2.99. The first kappa shape index (κ1) is 14.4. The van der Waals surface area contributed by atoms with Crippen molar-refractivity contribution in [2.45, 2.75) is 26.0 Å². The highest BCUT2D eigenvalue weighted by atomic mass is 79.9. The maximum atomic E-state index is 12.1. The maximum Gasteiger partial charge on any atom is 0.573 e. The first-order valence-electron chi connectivity index (χ1n) is 4.81. The third kappa shape index (κ3) is 5.45. The van der Waals surface area contributed by atoms with Crippen molar-refractivity contribution < 1.29 is 22.3 Å². The first-order chi connectivity index (χ1) is 7.57. The molecule has 0 bridgehead atoms. The van der Waals surface area contributed by atoms with Crippen molar-refractivity contribution in [1.29, 1.82) is 0 Å². The molecule has 17 heavy (non-hydrogen) atoms. The van der Waals surface area contributed by atoms with Crippen LogP contribution in [0.3, 0.4) is 0 Å². The van der Waals surface area contributed by atoms with Crippen LogP contribution in [0.5, 0.6) is 11.5 Å². The Morgan fingerprint density at radius 1 is 1.18 bits per heavy atom. The Kier molecular flexibility index (Phi) is 4.13. The molecule has 0 aromatic heterocycles. The van der Waals surface area contributed by atoms with E-state index in [4.69, 9.17) is 4.43 Å². The third-order valence-corrected chi connectivity index (χ3v) is 3.06. The number of hydrogen-bond donors (Lipinski definition) is 0. The lowest BCUT2D eigenvalue weighted by molar-refractivity contribution is -0.274. The van der Waals surface area contributed by atoms with E-state index in [1.165, 1.54) is 12.1 Å². The van der Waals surface area contributed by atoms with Gasteiger partial charge in [0.1, 0.15) is 11.5 Å². The van der Waals surface area contributed by atoms with Crippen LogP contribution in [0, 0.1) is 0 Å². The number of alkyl halides is 3. The molecule has 2 nitrogen and oxygen atoms in total. The zero-order chi connectivity index (χ0) is 13.3. The van der Waals surface area contributed by atoms with Crippen LogP contribution < -0.4 is 9.16 Å². The fraction of sp³-hybridized carbons (Fsp3) is 0.400. The highest BCUT2D eigenvalue weighted by Gasteiger charge is 2.32. The molecule has 0 heterocycles. The standard InChI is InChI=1S/C10H12BrF3O2Si/c1-17(2,3)16-7-4-5-8(11)9(6-7)15-10(12,13)14/h4-6H,1-3H3. The van der Waals surface area contributed by atoms with E-state index in [0.29, 0.717) is 5.75 Å². The van der Waals surface area contributed by atoms with E-state index in [1.807, 2.05) is 19.6 Å². The molecule has 0 aliphatic rings. The molecule has 0 unspecified atom stereocenters. The Balaban J connectivity index is 2.95. The largest absolute Gasteiger partial charge is 0.573 e. The Bertz CT molecular complexity index is 402. The van der Waals surface area contributed by atoms with Crippen molar-refractivity contribution in [3.63, 3.8) is 0 Å². The molecule has 1 aromatic carbocycles. The Morgan fingerprint density at radius 3 is 2.24 bits per heavy atom. The maximum absolute atomic E-state index is 12.1. The molecule has 0 radical (unpaired) electrons. The van der Waals surface area contributed by atoms with E-state index in [2.05, 4.69) is 20.7 Å². The normalized spacial score (nSPS) is 12.4. The molecule has 1 aromatic rings. The average molecular weight is 329 g/mol. The lowest BCUT2D eigenvalue weighted by atomic mass is 10.3. The Hall–Kier alpha value is -0.693. The van der Waals surface area contributed by atoms with Gasteiger partial charge in [0, 0.05) is 6.07 Å². The monoisotopic (exact) mass is 328 g/mol.